The lowest BCUT2D eigenvalue weighted by molar-refractivity contribution is -0.131. The number of hydrogen-bond acceptors (Lipinski definition) is 5. The fourth-order valence-corrected chi connectivity index (χ4v) is 5.47. The van der Waals surface area contributed by atoms with Gasteiger partial charge in [0.25, 0.3) is 0 Å². The van der Waals surface area contributed by atoms with E-state index in [4.69, 9.17) is 4.42 Å². The highest BCUT2D eigenvalue weighted by Crippen LogP contribution is 2.26. The molecule has 8 nitrogen and oxygen atoms in total. The molecule has 0 atom stereocenters. The smallest absolute Gasteiger partial charge is 0.246 e. The Morgan fingerprint density at radius 1 is 1.18 bits per heavy atom. The van der Waals surface area contributed by atoms with Gasteiger partial charge in [-0.2, -0.15) is 9.40 Å². The molecule has 3 rings (SSSR count). The van der Waals surface area contributed by atoms with Crippen LogP contribution in [0.2, 0.25) is 0 Å². The van der Waals surface area contributed by atoms with Crippen molar-refractivity contribution in [1.82, 2.24) is 19.0 Å². The third-order valence-electron chi connectivity index (χ3n) is 5.13. The molecule has 0 aromatic carbocycles. The molecule has 0 radical (unpaired) electrons. The third-order valence-corrected chi connectivity index (χ3v) is 7.28. The van der Waals surface area contributed by atoms with E-state index in [1.165, 1.54) is 8.99 Å². The van der Waals surface area contributed by atoms with Gasteiger partial charge in [-0.15, -0.1) is 0 Å². The lowest BCUT2D eigenvalue weighted by Crippen LogP contribution is -2.36. The van der Waals surface area contributed by atoms with E-state index >= 15 is 0 Å². The molecule has 0 bridgehead atoms. The van der Waals surface area contributed by atoms with Gasteiger partial charge in [-0.1, -0.05) is 6.42 Å². The molecule has 1 amide bonds. The van der Waals surface area contributed by atoms with Gasteiger partial charge in [-0.05, 0) is 45.7 Å². The standard InChI is InChI=1S/C19H28N4O4S/c1-14-8-9-17(27-14)12-21(4)18(24)13-23-16(3)19(15(2)20-23)28(25,26)22-10-6-5-7-11-22/h8-9H,5-7,10-13H2,1-4H3. The first-order valence-electron chi connectivity index (χ1n) is 9.53. The van der Waals surface area contributed by atoms with Crippen LogP contribution in [0.15, 0.2) is 21.4 Å². The molecule has 1 aliphatic rings. The molecule has 2 aromatic rings. The first kappa shape index (κ1) is 20.6. The Balaban J connectivity index is 1.76. The summed E-state index contributed by atoms with van der Waals surface area (Å²) >= 11 is 0. The summed E-state index contributed by atoms with van der Waals surface area (Å²) in [6.45, 7) is 6.65. The van der Waals surface area contributed by atoms with E-state index in [1.807, 2.05) is 19.1 Å². The second-order valence-corrected chi connectivity index (χ2v) is 9.26. The number of piperidine rings is 1. The molecule has 154 valence electrons. The van der Waals surface area contributed by atoms with E-state index in [0.717, 1.165) is 25.0 Å². The summed E-state index contributed by atoms with van der Waals surface area (Å²) in [5, 5.41) is 4.34. The van der Waals surface area contributed by atoms with Crippen LogP contribution in [0.4, 0.5) is 0 Å². The van der Waals surface area contributed by atoms with Crippen molar-refractivity contribution >= 4 is 15.9 Å². The first-order chi connectivity index (χ1) is 13.2. The number of carbonyl (C=O) groups is 1. The van der Waals surface area contributed by atoms with Gasteiger partial charge in [0.05, 0.1) is 17.9 Å². The number of hydrogen-bond donors (Lipinski definition) is 0. The molecular weight excluding hydrogens is 380 g/mol. The Kier molecular flexibility index (Phi) is 5.95. The number of aryl methyl sites for hydroxylation is 2. The Labute approximate surface area is 166 Å². The number of rotatable bonds is 6. The van der Waals surface area contributed by atoms with Gasteiger partial charge in [0, 0.05) is 20.1 Å². The number of aromatic nitrogens is 2. The van der Waals surface area contributed by atoms with Crippen molar-refractivity contribution in [2.24, 2.45) is 0 Å². The Hall–Kier alpha value is -2.13. The topological polar surface area (TPSA) is 88.7 Å². The molecule has 1 saturated heterocycles. The third kappa shape index (κ3) is 4.15. The quantitative estimate of drug-likeness (QED) is 0.731. The molecule has 0 N–H and O–H groups in total. The number of amides is 1. The van der Waals surface area contributed by atoms with Crippen LogP contribution >= 0.6 is 0 Å². The van der Waals surface area contributed by atoms with E-state index in [0.29, 0.717) is 36.8 Å². The zero-order valence-corrected chi connectivity index (χ0v) is 17.8. The summed E-state index contributed by atoms with van der Waals surface area (Å²) in [5.74, 6) is 1.33. The van der Waals surface area contributed by atoms with E-state index in [1.54, 1.807) is 25.8 Å². The largest absolute Gasteiger partial charge is 0.464 e. The molecule has 0 aliphatic carbocycles. The molecule has 0 saturated carbocycles. The summed E-state index contributed by atoms with van der Waals surface area (Å²) in [5.41, 5.74) is 0.929. The van der Waals surface area contributed by atoms with Gasteiger partial charge in [-0.3, -0.25) is 9.48 Å². The second-order valence-electron chi connectivity index (χ2n) is 7.38. The zero-order chi connectivity index (χ0) is 20.5. The molecule has 1 aliphatic heterocycles. The SMILES string of the molecule is Cc1ccc(CN(C)C(=O)Cn2nc(C)c(S(=O)(=O)N3CCCCC3)c2C)o1. The van der Waals surface area contributed by atoms with Gasteiger partial charge in [-0.25, -0.2) is 8.42 Å². The lowest BCUT2D eigenvalue weighted by atomic mass is 10.2. The van der Waals surface area contributed by atoms with Crippen molar-refractivity contribution in [2.75, 3.05) is 20.1 Å². The number of sulfonamides is 1. The van der Waals surface area contributed by atoms with Crippen LogP contribution in [0.1, 0.15) is 42.2 Å². The number of furan rings is 1. The maximum Gasteiger partial charge on any atom is 0.246 e. The van der Waals surface area contributed by atoms with Crippen molar-refractivity contribution in [1.29, 1.82) is 0 Å². The summed E-state index contributed by atoms with van der Waals surface area (Å²) in [6, 6.07) is 3.69. The number of likely N-dealkylation sites (N-methyl/N-ethyl adjacent to an activating group) is 1. The minimum atomic E-state index is -3.59. The minimum Gasteiger partial charge on any atom is -0.464 e. The number of carbonyl (C=O) groups excluding carboxylic acids is 1. The Bertz CT molecular complexity index is 955. The average molecular weight is 409 g/mol. The lowest BCUT2D eigenvalue weighted by Gasteiger charge is -2.26. The maximum atomic E-state index is 13.1. The van der Waals surface area contributed by atoms with Crippen LogP contribution in [0, 0.1) is 20.8 Å². The predicted molar refractivity (Wildman–Crippen MR) is 104 cm³/mol. The van der Waals surface area contributed by atoms with Gasteiger partial charge >= 0.3 is 0 Å². The van der Waals surface area contributed by atoms with Gasteiger partial charge in [0.2, 0.25) is 15.9 Å². The molecular formula is C19H28N4O4S. The molecule has 2 aromatic heterocycles. The van der Waals surface area contributed by atoms with Crippen LogP contribution in [-0.4, -0.2) is 53.4 Å². The molecule has 1 fully saturated rings. The molecule has 0 unspecified atom stereocenters. The molecule has 9 heteroatoms. The second kappa shape index (κ2) is 8.08. The summed E-state index contributed by atoms with van der Waals surface area (Å²) < 4.78 is 34.7. The van der Waals surface area contributed by atoms with Crippen LogP contribution in [-0.2, 0) is 27.9 Å². The van der Waals surface area contributed by atoms with Gasteiger partial charge < -0.3 is 9.32 Å². The van der Waals surface area contributed by atoms with Crippen LogP contribution < -0.4 is 0 Å². The predicted octanol–water partition coefficient (Wildman–Crippen LogP) is 2.23. The highest BCUT2D eigenvalue weighted by atomic mass is 32.2. The minimum absolute atomic E-state index is 0.0155. The fourth-order valence-electron chi connectivity index (χ4n) is 3.58. The van der Waals surface area contributed by atoms with Crippen molar-refractivity contribution < 1.29 is 17.6 Å². The van der Waals surface area contributed by atoms with Crippen molar-refractivity contribution in [2.45, 2.75) is 58.0 Å². The van der Waals surface area contributed by atoms with Crippen LogP contribution in [0.3, 0.4) is 0 Å². The van der Waals surface area contributed by atoms with Gasteiger partial charge in [0.1, 0.15) is 23.0 Å². The fraction of sp³-hybridized carbons (Fsp3) is 0.579. The van der Waals surface area contributed by atoms with E-state index in [-0.39, 0.29) is 17.3 Å². The van der Waals surface area contributed by atoms with E-state index in [9.17, 15) is 13.2 Å². The Morgan fingerprint density at radius 3 is 2.46 bits per heavy atom. The van der Waals surface area contributed by atoms with E-state index in [2.05, 4.69) is 5.10 Å². The summed E-state index contributed by atoms with van der Waals surface area (Å²) in [4.78, 5) is 14.4. The average Bonchev–Trinajstić information content (AvgIpc) is 3.18. The van der Waals surface area contributed by atoms with Gasteiger partial charge in [0.15, 0.2) is 0 Å². The Morgan fingerprint density at radius 2 is 1.86 bits per heavy atom. The highest BCUT2D eigenvalue weighted by molar-refractivity contribution is 7.89. The highest BCUT2D eigenvalue weighted by Gasteiger charge is 2.32. The van der Waals surface area contributed by atoms with Crippen molar-refractivity contribution in [3.8, 4) is 0 Å². The molecule has 0 spiro atoms. The summed E-state index contributed by atoms with van der Waals surface area (Å²) in [7, 11) is -1.90. The monoisotopic (exact) mass is 408 g/mol. The maximum absolute atomic E-state index is 13.1. The van der Waals surface area contributed by atoms with E-state index < -0.39 is 10.0 Å². The number of nitrogens with zero attached hydrogens (tertiary/aromatic N) is 4. The molecule has 3 heterocycles. The van der Waals surface area contributed by atoms with Crippen molar-refractivity contribution in [3.05, 3.63) is 35.0 Å². The van der Waals surface area contributed by atoms with Crippen LogP contribution in [0.25, 0.3) is 0 Å². The summed E-state index contributed by atoms with van der Waals surface area (Å²) in [6.07, 6.45) is 2.81. The normalized spacial score (nSPS) is 15.7. The zero-order valence-electron chi connectivity index (χ0n) is 16.9. The molecule has 28 heavy (non-hydrogen) atoms. The van der Waals surface area contributed by atoms with Crippen LogP contribution in [0.5, 0.6) is 0 Å². The first-order valence-corrected chi connectivity index (χ1v) is 11.0. The van der Waals surface area contributed by atoms with Crippen molar-refractivity contribution in [3.63, 3.8) is 0 Å².